The minimum absolute atomic E-state index is 0.0956. The van der Waals surface area contributed by atoms with E-state index in [-0.39, 0.29) is 63.6 Å². The molecule has 0 bridgehead atoms. The number of hydrogen-bond acceptors (Lipinski definition) is 21. The lowest BCUT2D eigenvalue weighted by Gasteiger charge is -2.41. The first-order valence-corrected chi connectivity index (χ1v) is 39.1. The molecule has 3 aromatic heterocycles. The molecule has 24 nitrogen and oxygen atoms in total. The molecule has 9 heterocycles. The van der Waals surface area contributed by atoms with Gasteiger partial charge >= 0.3 is 5.97 Å². The standard InChI is InChI=1S/2C28H27BrN2O6.C24H20BrNO6.C5H10O/c2*1-31(19-14-36-15-19)26(33)22-23(16-6-4-3-5-7-16)28(17-8-10-18(29)11-9-17)27(34,25(22)32)24-20(35-2)12-30-13-21(24)37-28;1-31-16-11-26-12-17-20(16)23(30)21(27)18(22(28)29)19(13-5-3-2-4-6-13)24(23,32-17)14-7-9-15(25)10-8-14;1-2-5-3-6-4-5/h2*3-13,19,22-23,25,32,34H,14-15H2,1-2H3;2-12,18-19,21,27,30H,1H3,(H,28,29);5H,2-4H2,1H3/t2*22-,23-,25-,27+,28+;18-,19-,21-,23+,24+;/m111./s1. The van der Waals surface area contributed by atoms with Gasteiger partial charge in [-0.05, 0) is 76.2 Å². The maximum absolute atomic E-state index is 14.1. The zero-order valence-electron chi connectivity index (χ0n) is 61.8. The van der Waals surface area contributed by atoms with Crippen LogP contribution in [0, 0.1) is 23.7 Å². The van der Waals surface area contributed by atoms with Crippen molar-refractivity contribution in [3.8, 4) is 34.5 Å². The van der Waals surface area contributed by atoms with Crippen LogP contribution >= 0.6 is 47.8 Å². The average Bonchev–Trinajstić information content (AvgIpc) is 1.51. The largest absolute Gasteiger partial charge is 0.495 e. The lowest BCUT2D eigenvalue weighted by molar-refractivity contribution is -0.161. The maximum atomic E-state index is 14.1. The van der Waals surface area contributed by atoms with Crippen molar-refractivity contribution in [2.75, 3.05) is 75.1 Å². The lowest BCUT2D eigenvalue weighted by atomic mass is 9.70. The lowest BCUT2D eigenvalue weighted by Crippen LogP contribution is -2.53. The molecule has 0 unspecified atom stereocenters. The van der Waals surface area contributed by atoms with E-state index in [2.05, 4.69) is 69.7 Å². The number of aliphatic carboxylic acids is 1. The summed E-state index contributed by atoms with van der Waals surface area (Å²) in [7, 11) is 7.81. The van der Waals surface area contributed by atoms with E-state index in [1.807, 2.05) is 115 Å². The molecular formula is C85H84Br3N5O19. The number of carbonyl (C=O) groups excluding carboxylic acids is 2. The third kappa shape index (κ3) is 11.9. The van der Waals surface area contributed by atoms with Crippen molar-refractivity contribution in [1.29, 1.82) is 0 Å². The minimum Gasteiger partial charge on any atom is -0.495 e. The SMILES string of the molecule is CCC1COC1.COc1cncc2c1[C@]1(O)[C@H](O)[C@H](C(=O)N(C)C3COC3)[C@@H](c3ccccc3)[C@]1(c1ccc(Br)cc1)O2.COc1cncc2c1[C@]1(O)[C@H](O)[C@H](C(=O)N(C)C3COC3)[C@@H](c3ccccc3)[C@]1(c1ccc(Br)cc1)O2.COc1cncc2c1[C@]1(O)[C@H](O)[C@H](C(=O)O)[C@@H](c3ccccc3)[C@]1(c1ccc(Br)cc1)O2. The minimum atomic E-state index is -2.12. The van der Waals surface area contributed by atoms with Crippen LogP contribution in [0.1, 0.15) is 81.2 Å². The molecule has 6 fully saturated rings. The van der Waals surface area contributed by atoms with Gasteiger partial charge in [-0.15, -0.1) is 0 Å². The predicted molar refractivity (Wildman–Crippen MR) is 416 cm³/mol. The van der Waals surface area contributed by atoms with Gasteiger partial charge in [0.25, 0.3) is 0 Å². The number of nitrogens with zero attached hydrogens (tertiary/aromatic N) is 5. The molecule has 3 saturated heterocycles. The molecule has 0 spiro atoms. The summed E-state index contributed by atoms with van der Waals surface area (Å²) in [4.78, 5) is 56.6. The number of carboxylic acid groups (broad SMARTS) is 1. The van der Waals surface area contributed by atoms with Gasteiger partial charge in [0, 0.05) is 51.2 Å². The van der Waals surface area contributed by atoms with Crippen molar-refractivity contribution in [2.24, 2.45) is 23.7 Å². The first kappa shape index (κ1) is 78.3. The van der Waals surface area contributed by atoms with E-state index >= 15 is 0 Å². The molecule has 9 aromatic rings. The van der Waals surface area contributed by atoms with Gasteiger partial charge in [0.05, 0.1) is 145 Å². The number of carbonyl (C=O) groups is 3. The van der Waals surface area contributed by atoms with Crippen LogP contribution in [0.15, 0.2) is 214 Å². The summed E-state index contributed by atoms with van der Waals surface area (Å²) in [5, 5.41) is 83.8. The number of aromatic nitrogens is 3. The smallest absolute Gasteiger partial charge is 0.310 e. The second kappa shape index (κ2) is 30.8. The number of carboxylic acids is 1. The van der Waals surface area contributed by atoms with Gasteiger partial charge in [0.15, 0.2) is 33.6 Å². The van der Waals surface area contributed by atoms with Crippen LogP contribution in [0.2, 0.25) is 0 Å². The van der Waals surface area contributed by atoms with Gasteiger partial charge in [-0.1, -0.05) is 182 Å². The van der Waals surface area contributed by atoms with Gasteiger partial charge in [-0.3, -0.25) is 29.3 Å². The van der Waals surface area contributed by atoms with E-state index in [9.17, 15) is 50.1 Å². The number of methoxy groups -OCH3 is 3. The van der Waals surface area contributed by atoms with Crippen LogP contribution in [0.4, 0.5) is 0 Å². The highest BCUT2D eigenvalue weighted by Crippen LogP contribution is 2.73. The monoisotopic (exact) mass is 1720 g/mol. The van der Waals surface area contributed by atoms with Gasteiger partial charge in [-0.2, -0.15) is 0 Å². The van der Waals surface area contributed by atoms with Crippen LogP contribution in [-0.2, 0) is 62.2 Å². The van der Waals surface area contributed by atoms with Gasteiger partial charge < -0.3 is 88.2 Å². The Labute approximate surface area is 671 Å². The Kier molecular flexibility index (Phi) is 21.5. The van der Waals surface area contributed by atoms with E-state index in [0.717, 1.165) is 43.7 Å². The van der Waals surface area contributed by atoms with Crippen molar-refractivity contribution in [3.63, 3.8) is 0 Å². The van der Waals surface area contributed by atoms with E-state index in [1.165, 1.54) is 64.9 Å². The van der Waals surface area contributed by atoms with Gasteiger partial charge in [0.1, 0.15) is 52.8 Å². The fourth-order valence-corrected chi connectivity index (χ4v) is 19.1. The van der Waals surface area contributed by atoms with E-state index in [4.69, 9.17) is 42.6 Å². The molecule has 3 saturated carbocycles. The zero-order valence-corrected chi connectivity index (χ0v) is 66.6. The summed E-state index contributed by atoms with van der Waals surface area (Å²) in [5.41, 5.74) is -6.25. The van der Waals surface area contributed by atoms with Crippen LogP contribution in [0.25, 0.3) is 0 Å². The Balaban J connectivity index is 0.000000128. The van der Waals surface area contributed by atoms with Crippen molar-refractivity contribution in [3.05, 3.63) is 264 Å². The van der Waals surface area contributed by atoms with Crippen LogP contribution in [0.5, 0.6) is 34.5 Å². The number of halogens is 3. The number of benzene rings is 6. The Hall–Kier alpha value is -8.94. The second-order valence-electron chi connectivity index (χ2n) is 29.5. The number of fused-ring (bicyclic) bond motifs is 9. The molecule has 7 N–H and O–H groups in total. The van der Waals surface area contributed by atoms with Crippen molar-refractivity contribution >= 4 is 65.6 Å². The predicted octanol–water partition coefficient (Wildman–Crippen LogP) is 10.1. The Morgan fingerprint density at radius 3 is 0.938 bits per heavy atom. The van der Waals surface area contributed by atoms with E-state index < -0.39 is 93.4 Å². The van der Waals surface area contributed by atoms with E-state index in [1.54, 1.807) is 72.4 Å². The summed E-state index contributed by atoms with van der Waals surface area (Å²) in [6, 6.07) is 49.6. The number of aliphatic hydroxyl groups excluding tert-OH is 3. The van der Waals surface area contributed by atoms with Crippen LogP contribution < -0.4 is 28.4 Å². The molecule has 112 heavy (non-hydrogen) atoms. The topological polar surface area (TPSA) is 321 Å². The number of aliphatic hydroxyl groups is 6. The average molecular weight is 1720 g/mol. The summed E-state index contributed by atoms with van der Waals surface area (Å²) >= 11 is 10.4. The molecule has 3 aliphatic carbocycles. The molecule has 18 rings (SSSR count). The van der Waals surface area contributed by atoms with Gasteiger partial charge in [-0.25, -0.2) is 0 Å². The van der Waals surface area contributed by atoms with Gasteiger partial charge in [0.2, 0.25) is 11.8 Å². The highest BCUT2D eigenvalue weighted by Gasteiger charge is 2.81. The Morgan fingerprint density at radius 1 is 0.429 bits per heavy atom. The summed E-state index contributed by atoms with van der Waals surface area (Å²) in [6.45, 7) is 5.95. The zero-order chi connectivity index (χ0) is 79.0. The number of pyridine rings is 3. The first-order valence-electron chi connectivity index (χ1n) is 36.8. The number of amides is 2. The fraction of sp³-hybridized carbons (Fsp3) is 0.365. The number of ether oxygens (including phenoxy) is 9. The number of hydrogen-bond donors (Lipinski definition) is 7. The van der Waals surface area contributed by atoms with Crippen LogP contribution in [-0.4, -0.2) is 184 Å². The highest BCUT2D eigenvalue weighted by atomic mass is 79.9. The summed E-state index contributed by atoms with van der Waals surface area (Å²) < 4.78 is 54.6. The molecule has 6 aromatic carbocycles. The third-order valence-corrected chi connectivity index (χ3v) is 25.7. The molecular weight excluding hydrogens is 1630 g/mol. The number of rotatable bonds is 15. The van der Waals surface area contributed by atoms with Crippen molar-refractivity contribution < 1.29 is 92.8 Å². The summed E-state index contributed by atoms with van der Waals surface area (Å²) in [6.07, 6.45) is 5.41. The molecule has 584 valence electrons. The molecule has 6 aliphatic heterocycles. The normalized spacial score (nSPS) is 29.8. The van der Waals surface area contributed by atoms with Crippen molar-refractivity contribution in [2.45, 2.75) is 95.1 Å². The van der Waals surface area contributed by atoms with E-state index in [0.29, 0.717) is 60.2 Å². The molecule has 27 heteroatoms. The van der Waals surface area contributed by atoms with Crippen LogP contribution in [0.3, 0.4) is 0 Å². The molecule has 0 radical (unpaired) electrons. The third-order valence-electron chi connectivity index (χ3n) is 24.1. The molecule has 2 amide bonds. The Morgan fingerprint density at radius 2 is 0.705 bits per heavy atom. The number of likely N-dealkylation sites (N-methyl/N-ethyl adjacent to an activating group) is 2. The molecule has 9 aliphatic rings. The highest BCUT2D eigenvalue weighted by molar-refractivity contribution is 9.11. The maximum Gasteiger partial charge on any atom is 0.310 e. The first-order chi connectivity index (χ1) is 54.0. The second-order valence-corrected chi connectivity index (χ2v) is 32.2. The molecule has 15 atom stereocenters. The fourth-order valence-electron chi connectivity index (χ4n) is 18.3. The quantitative estimate of drug-likeness (QED) is 0.0502. The van der Waals surface area contributed by atoms with Crippen molar-refractivity contribution in [1.82, 2.24) is 24.8 Å². The Bertz CT molecular complexity index is 4740. The summed E-state index contributed by atoms with van der Waals surface area (Å²) in [5.74, 6) is -5.11.